The summed E-state index contributed by atoms with van der Waals surface area (Å²) < 4.78 is 5.28. The summed E-state index contributed by atoms with van der Waals surface area (Å²) in [5.74, 6) is 0.705. The second-order valence-electron chi connectivity index (χ2n) is 4.52. The fourth-order valence-corrected chi connectivity index (χ4v) is 1.95. The molecule has 0 amide bonds. The molecule has 1 aromatic heterocycles. The molecule has 0 atom stereocenters. The van der Waals surface area contributed by atoms with Gasteiger partial charge in [-0.25, -0.2) is 9.97 Å². The SMILES string of the molecule is CCc1ncnc(OC)c1CCC1(N)CC1. The maximum Gasteiger partial charge on any atom is 0.219 e. The Hall–Kier alpha value is -1.16. The molecule has 1 aliphatic carbocycles. The summed E-state index contributed by atoms with van der Waals surface area (Å²) in [4.78, 5) is 8.45. The van der Waals surface area contributed by atoms with Gasteiger partial charge in [0.1, 0.15) is 6.33 Å². The van der Waals surface area contributed by atoms with Crippen LogP contribution in [-0.2, 0) is 12.8 Å². The van der Waals surface area contributed by atoms with E-state index in [4.69, 9.17) is 10.5 Å². The molecule has 1 aromatic rings. The summed E-state index contributed by atoms with van der Waals surface area (Å²) in [5.41, 5.74) is 8.38. The number of hydrogen-bond donors (Lipinski definition) is 1. The monoisotopic (exact) mass is 221 g/mol. The van der Waals surface area contributed by atoms with Gasteiger partial charge in [0.25, 0.3) is 0 Å². The number of aryl methyl sites for hydroxylation is 1. The van der Waals surface area contributed by atoms with Crippen molar-refractivity contribution in [3.8, 4) is 5.88 Å². The minimum atomic E-state index is 0.0753. The van der Waals surface area contributed by atoms with Crippen LogP contribution in [0.25, 0.3) is 0 Å². The number of hydrogen-bond acceptors (Lipinski definition) is 4. The first kappa shape index (κ1) is 11.3. The van der Waals surface area contributed by atoms with Crippen LogP contribution < -0.4 is 10.5 Å². The van der Waals surface area contributed by atoms with E-state index in [0.29, 0.717) is 5.88 Å². The van der Waals surface area contributed by atoms with Crippen molar-refractivity contribution in [2.24, 2.45) is 5.73 Å². The number of nitrogens with two attached hydrogens (primary N) is 1. The molecule has 0 spiro atoms. The third-order valence-corrected chi connectivity index (χ3v) is 3.29. The Morgan fingerprint density at radius 3 is 2.75 bits per heavy atom. The Balaban J connectivity index is 2.15. The molecule has 88 valence electrons. The lowest BCUT2D eigenvalue weighted by Gasteiger charge is -2.13. The number of methoxy groups -OCH3 is 1. The normalized spacial score (nSPS) is 17.2. The van der Waals surface area contributed by atoms with E-state index in [-0.39, 0.29) is 5.54 Å². The van der Waals surface area contributed by atoms with E-state index in [1.54, 1.807) is 13.4 Å². The average Bonchev–Trinajstić information content (AvgIpc) is 3.04. The standard InChI is InChI=1S/C12H19N3O/c1-3-10-9(4-5-12(13)6-7-12)11(16-2)15-8-14-10/h8H,3-7,13H2,1-2H3. The summed E-state index contributed by atoms with van der Waals surface area (Å²) in [6, 6.07) is 0. The molecular formula is C12H19N3O. The van der Waals surface area contributed by atoms with Gasteiger partial charge < -0.3 is 10.5 Å². The van der Waals surface area contributed by atoms with Crippen molar-refractivity contribution >= 4 is 0 Å². The van der Waals surface area contributed by atoms with Crippen molar-refractivity contribution in [1.29, 1.82) is 0 Å². The Bertz CT molecular complexity index is 352. The van der Waals surface area contributed by atoms with Gasteiger partial charge in [-0.3, -0.25) is 0 Å². The molecule has 1 aliphatic rings. The van der Waals surface area contributed by atoms with E-state index < -0.39 is 0 Å². The Labute approximate surface area is 96.2 Å². The number of aromatic nitrogens is 2. The van der Waals surface area contributed by atoms with E-state index in [2.05, 4.69) is 16.9 Å². The Kier molecular flexibility index (Phi) is 3.10. The molecule has 16 heavy (non-hydrogen) atoms. The minimum absolute atomic E-state index is 0.0753. The molecule has 1 saturated carbocycles. The summed E-state index contributed by atoms with van der Waals surface area (Å²) >= 11 is 0. The topological polar surface area (TPSA) is 61.0 Å². The molecular weight excluding hydrogens is 202 g/mol. The third-order valence-electron chi connectivity index (χ3n) is 3.29. The molecule has 4 nitrogen and oxygen atoms in total. The van der Waals surface area contributed by atoms with Gasteiger partial charge in [-0.05, 0) is 32.1 Å². The highest BCUT2D eigenvalue weighted by molar-refractivity contribution is 5.30. The third kappa shape index (κ3) is 2.32. The highest BCUT2D eigenvalue weighted by atomic mass is 16.5. The Morgan fingerprint density at radius 1 is 1.44 bits per heavy atom. The number of nitrogens with zero attached hydrogens (tertiary/aromatic N) is 2. The molecule has 4 heteroatoms. The van der Waals surface area contributed by atoms with Crippen LogP contribution in [0, 0.1) is 0 Å². The summed E-state index contributed by atoms with van der Waals surface area (Å²) in [5, 5.41) is 0. The van der Waals surface area contributed by atoms with Crippen LogP contribution in [0.15, 0.2) is 6.33 Å². The van der Waals surface area contributed by atoms with Crippen molar-refractivity contribution in [3.05, 3.63) is 17.6 Å². The lowest BCUT2D eigenvalue weighted by Crippen LogP contribution is -2.22. The molecule has 0 saturated heterocycles. The second-order valence-corrected chi connectivity index (χ2v) is 4.52. The molecule has 1 fully saturated rings. The van der Waals surface area contributed by atoms with Crippen LogP contribution in [0.2, 0.25) is 0 Å². The maximum absolute atomic E-state index is 6.10. The van der Waals surface area contributed by atoms with Gasteiger partial charge in [0.05, 0.1) is 12.8 Å². The first-order valence-electron chi connectivity index (χ1n) is 5.84. The smallest absolute Gasteiger partial charge is 0.219 e. The summed E-state index contributed by atoms with van der Waals surface area (Å²) in [6.45, 7) is 2.10. The lowest BCUT2D eigenvalue weighted by molar-refractivity contribution is 0.388. The predicted molar refractivity (Wildman–Crippen MR) is 62.4 cm³/mol. The van der Waals surface area contributed by atoms with E-state index in [0.717, 1.165) is 43.4 Å². The van der Waals surface area contributed by atoms with Gasteiger partial charge >= 0.3 is 0 Å². The minimum Gasteiger partial charge on any atom is -0.481 e. The van der Waals surface area contributed by atoms with Gasteiger partial charge in [-0.15, -0.1) is 0 Å². The first-order chi connectivity index (χ1) is 7.68. The fraction of sp³-hybridized carbons (Fsp3) is 0.667. The molecule has 2 N–H and O–H groups in total. The number of ether oxygens (including phenoxy) is 1. The zero-order valence-corrected chi connectivity index (χ0v) is 9.99. The van der Waals surface area contributed by atoms with Gasteiger partial charge in [0.2, 0.25) is 5.88 Å². The zero-order valence-electron chi connectivity index (χ0n) is 9.99. The van der Waals surface area contributed by atoms with Crippen molar-refractivity contribution < 1.29 is 4.74 Å². The van der Waals surface area contributed by atoms with Crippen LogP contribution in [0.1, 0.15) is 37.4 Å². The van der Waals surface area contributed by atoms with E-state index in [9.17, 15) is 0 Å². The van der Waals surface area contributed by atoms with E-state index in [1.165, 1.54) is 0 Å². The quantitative estimate of drug-likeness (QED) is 0.818. The van der Waals surface area contributed by atoms with E-state index in [1.807, 2.05) is 0 Å². The fourth-order valence-electron chi connectivity index (χ4n) is 1.95. The van der Waals surface area contributed by atoms with Crippen LogP contribution in [0.3, 0.4) is 0 Å². The van der Waals surface area contributed by atoms with Gasteiger partial charge in [-0.1, -0.05) is 6.92 Å². The zero-order chi connectivity index (χ0) is 11.6. The first-order valence-corrected chi connectivity index (χ1v) is 5.84. The van der Waals surface area contributed by atoms with Gasteiger partial charge in [0.15, 0.2) is 0 Å². The summed E-state index contributed by atoms with van der Waals surface area (Å²) in [7, 11) is 1.65. The Morgan fingerprint density at radius 2 is 2.19 bits per heavy atom. The van der Waals surface area contributed by atoms with Crippen LogP contribution >= 0.6 is 0 Å². The lowest BCUT2D eigenvalue weighted by atomic mass is 10.0. The highest BCUT2D eigenvalue weighted by Gasteiger charge is 2.37. The van der Waals surface area contributed by atoms with Crippen molar-refractivity contribution in [2.45, 2.75) is 44.6 Å². The molecule has 0 aliphatic heterocycles. The molecule has 0 radical (unpaired) electrons. The van der Waals surface area contributed by atoms with Crippen LogP contribution in [0.5, 0.6) is 5.88 Å². The molecule has 0 bridgehead atoms. The summed E-state index contributed by atoms with van der Waals surface area (Å²) in [6.07, 6.45) is 6.69. The van der Waals surface area contributed by atoms with Crippen molar-refractivity contribution in [1.82, 2.24) is 9.97 Å². The second kappa shape index (κ2) is 4.37. The van der Waals surface area contributed by atoms with Crippen LogP contribution in [0.4, 0.5) is 0 Å². The highest BCUT2D eigenvalue weighted by Crippen LogP contribution is 2.37. The molecule has 1 heterocycles. The van der Waals surface area contributed by atoms with Crippen molar-refractivity contribution in [2.75, 3.05) is 7.11 Å². The molecule has 0 aromatic carbocycles. The van der Waals surface area contributed by atoms with Gasteiger partial charge in [0, 0.05) is 11.1 Å². The predicted octanol–water partition coefficient (Wildman–Crippen LogP) is 1.47. The average molecular weight is 221 g/mol. The van der Waals surface area contributed by atoms with Crippen LogP contribution in [-0.4, -0.2) is 22.6 Å². The molecule has 0 unspecified atom stereocenters. The molecule has 2 rings (SSSR count). The van der Waals surface area contributed by atoms with E-state index >= 15 is 0 Å². The number of rotatable bonds is 5. The van der Waals surface area contributed by atoms with Gasteiger partial charge in [-0.2, -0.15) is 0 Å². The maximum atomic E-state index is 6.10. The van der Waals surface area contributed by atoms with Crippen molar-refractivity contribution in [3.63, 3.8) is 0 Å². The largest absolute Gasteiger partial charge is 0.481 e.